The minimum atomic E-state index is -4.38. The summed E-state index contributed by atoms with van der Waals surface area (Å²) in [5.41, 5.74) is 1.51. The van der Waals surface area contributed by atoms with E-state index in [0.29, 0.717) is 33.6 Å². The predicted octanol–water partition coefficient (Wildman–Crippen LogP) is 4.58. The molecule has 0 amide bonds. The third-order valence-corrected chi connectivity index (χ3v) is 4.31. The summed E-state index contributed by atoms with van der Waals surface area (Å²) in [5, 5.41) is 3.85. The number of benzene rings is 1. The van der Waals surface area contributed by atoms with Gasteiger partial charge in [-0.3, -0.25) is 0 Å². The zero-order valence-electron chi connectivity index (χ0n) is 12.5. The Labute approximate surface area is 148 Å². The monoisotopic (exact) mass is 410 g/mol. The molecule has 1 aromatic carbocycles. The van der Waals surface area contributed by atoms with Gasteiger partial charge < -0.3 is 9.24 Å². The van der Waals surface area contributed by atoms with Gasteiger partial charge in [-0.2, -0.15) is 13.2 Å². The third kappa shape index (κ3) is 2.99. The molecule has 9 heteroatoms. The molecule has 3 heterocycles. The lowest BCUT2D eigenvalue weighted by Gasteiger charge is -2.12. The molecule has 5 nitrogen and oxygen atoms in total. The van der Waals surface area contributed by atoms with Crippen molar-refractivity contribution in [3.05, 3.63) is 54.1 Å². The van der Waals surface area contributed by atoms with Crippen molar-refractivity contribution in [1.82, 2.24) is 14.4 Å². The Morgan fingerprint density at radius 2 is 1.96 bits per heavy atom. The van der Waals surface area contributed by atoms with E-state index in [1.807, 2.05) is 0 Å². The Balaban J connectivity index is 1.79. The van der Waals surface area contributed by atoms with Crippen LogP contribution in [-0.2, 0) is 11.0 Å². The number of rotatable bonds is 2. The highest BCUT2D eigenvalue weighted by molar-refractivity contribution is 9.18. The van der Waals surface area contributed by atoms with E-state index in [4.69, 9.17) is 4.84 Å². The number of fused-ring (bicyclic) bond motifs is 1. The maximum absolute atomic E-state index is 12.8. The minimum absolute atomic E-state index is 0.352. The summed E-state index contributed by atoms with van der Waals surface area (Å²) < 4.78 is 40.7. The van der Waals surface area contributed by atoms with E-state index in [1.165, 1.54) is 12.1 Å². The van der Waals surface area contributed by atoms with Crippen molar-refractivity contribution in [2.75, 3.05) is 0 Å². The molecule has 0 saturated heterocycles. The second kappa shape index (κ2) is 5.83. The highest BCUT2D eigenvalue weighted by Crippen LogP contribution is 2.33. The zero-order valence-corrected chi connectivity index (χ0v) is 14.1. The first-order chi connectivity index (χ1) is 11.9. The van der Waals surface area contributed by atoms with Crippen LogP contribution in [0.15, 0.2) is 48.0 Å². The average Bonchev–Trinajstić information content (AvgIpc) is 3.21. The first-order valence-corrected chi connectivity index (χ1v) is 8.10. The zero-order chi connectivity index (χ0) is 17.6. The van der Waals surface area contributed by atoms with E-state index in [1.54, 1.807) is 23.0 Å². The van der Waals surface area contributed by atoms with E-state index in [0.717, 1.165) is 12.1 Å². The van der Waals surface area contributed by atoms with Crippen LogP contribution < -0.4 is 0 Å². The molecule has 0 spiro atoms. The molecule has 128 valence electrons. The van der Waals surface area contributed by atoms with Gasteiger partial charge >= 0.3 is 6.18 Å². The number of oxime groups is 1. The quantitative estimate of drug-likeness (QED) is 0.620. The Morgan fingerprint density at radius 1 is 1.20 bits per heavy atom. The number of hydrogen-bond donors (Lipinski definition) is 0. The van der Waals surface area contributed by atoms with Crippen LogP contribution in [0.2, 0.25) is 0 Å². The van der Waals surface area contributed by atoms with Gasteiger partial charge in [0.25, 0.3) is 0 Å². The Bertz CT molecular complexity index is 966. The molecule has 0 saturated carbocycles. The summed E-state index contributed by atoms with van der Waals surface area (Å²) in [7, 11) is 0. The number of hydrogen-bond acceptors (Lipinski definition) is 4. The Hall–Kier alpha value is -2.42. The molecule has 0 N–H and O–H groups in total. The van der Waals surface area contributed by atoms with E-state index < -0.39 is 11.7 Å². The number of alkyl halides is 3. The lowest BCUT2D eigenvalue weighted by atomic mass is 10.1. The highest BCUT2D eigenvalue weighted by Gasteiger charge is 2.30. The lowest BCUT2D eigenvalue weighted by Crippen LogP contribution is -2.06. The van der Waals surface area contributed by atoms with Crippen molar-refractivity contribution < 1.29 is 18.0 Å². The molecule has 25 heavy (non-hydrogen) atoms. The van der Waals surface area contributed by atoms with Crippen LogP contribution in [0, 0.1) is 0 Å². The van der Waals surface area contributed by atoms with Gasteiger partial charge in [0.2, 0.25) is 0 Å². The Kier molecular flexibility index (Phi) is 3.75. The SMILES string of the molecule is FC(F)(F)c1ccc(-c2nc(C3CC(Br)=NO3)cn3ccnc23)cc1. The van der Waals surface area contributed by atoms with E-state index in [-0.39, 0.29) is 6.10 Å². The molecule has 3 aromatic rings. The van der Waals surface area contributed by atoms with Gasteiger partial charge in [-0.05, 0) is 28.1 Å². The summed E-state index contributed by atoms with van der Waals surface area (Å²) in [6.45, 7) is 0. The number of nitrogens with zero attached hydrogens (tertiary/aromatic N) is 4. The number of aromatic nitrogens is 3. The fraction of sp³-hybridized carbons (Fsp3) is 0.188. The van der Waals surface area contributed by atoms with Crippen molar-refractivity contribution in [3.63, 3.8) is 0 Å². The van der Waals surface area contributed by atoms with Gasteiger partial charge in [0, 0.05) is 30.6 Å². The van der Waals surface area contributed by atoms with Crippen molar-refractivity contribution in [2.24, 2.45) is 5.16 Å². The van der Waals surface area contributed by atoms with E-state index >= 15 is 0 Å². The van der Waals surface area contributed by atoms with Crippen LogP contribution >= 0.6 is 15.9 Å². The van der Waals surface area contributed by atoms with Crippen LogP contribution in [-0.4, -0.2) is 19.0 Å². The first kappa shape index (κ1) is 16.1. The standard InChI is InChI=1S/C16H10BrF3N4O/c17-13-7-12(25-23-13)11-8-24-6-5-21-15(24)14(22-11)9-1-3-10(4-2-9)16(18,19)20/h1-6,8,12H,7H2. The van der Waals surface area contributed by atoms with Gasteiger partial charge in [-0.1, -0.05) is 17.3 Å². The van der Waals surface area contributed by atoms with Gasteiger partial charge in [-0.25, -0.2) is 9.97 Å². The minimum Gasteiger partial charge on any atom is -0.385 e. The smallest absolute Gasteiger partial charge is 0.385 e. The van der Waals surface area contributed by atoms with Crippen LogP contribution in [0.1, 0.15) is 23.8 Å². The maximum Gasteiger partial charge on any atom is 0.416 e. The largest absolute Gasteiger partial charge is 0.416 e. The van der Waals surface area contributed by atoms with Crippen molar-refractivity contribution >= 4 is 26.2 Å². The molecule has 4 rings (SSSR count). The van der Waals surface area contributed by atoms with Crippen molar-refractivity contribution in [3.8, 4) is 11.3 Å². The fourth-order valence-corrected chi connectivity index (χ4v) is 3.00. The van der Waals surface area contributed by atoms with Crippen molar-refractivity contribution in [1.29, 1.82) is 0 Å². The molecule has 1 atom stereocenters. The molecule has 0 aliphatic carbocycles. The fourth-order valence-electron chi connectivity index (χ4n) is 2.62. The van der Waals surface area contributed by atoms with Gasteiger partial charge in [0.1, 0.15) is 16.0 Å². The molecule has 2 aromatic heterocycles. The molecular formula is C16H10BrF3N4O. The molecule has 1 aliphatic rings. The second-order valence-electron chi connectivity index (χ2n) is 5.51. The summed E-state index contributed by atoms with van der Waals surface area (Å²) in [5.74, 6) is 0. The summed E-state index contributed by atoms with van der Waals surface area (Å²) in [4.78, 5) is 14.1. The molecule has 0 fully saturated rings. The van der Waals surface area contributed by atoms with Crippen LogP contribution in [0.5, 0.6) is 0 Å². The van der Waals surface area contributed by atoms with Gasteiger partial charge in [-0.15, -0.1) is 0 Å². The molecular weight excluding hydrogens is 401 g/mol. The first-order valence-electron chi connectivity index (χ1n) is 7.31. The third-order valence-electron chi connectivity index (χ3n) is 3.84. The second-order valence-corrected chi connectivity index (χ2v) is 6.43. The van der Waals surface area contributed by atoms with Gasteiger partial charge in [0.05, 0.1) is 5.56 Å². The molecule has 0 bridgehead atoms. The van der Waals surface area contributed by atoms with Crippen LogP contribution in [0.25, 0.3) is 16.9 Å². The van der Waals surface area contributed by atoms with E-state index in [9.17, 15) is 13.2 Å². The maximum atomic E-state index is 12.8. The van der Waals surface area contributed by atoms with Crippen LogP contribution in [0.3, 0.4) is 0 Å². The summed E-state index contributed by atoms with van der Waals surface area (Å²) in [6, 6.07) is 4.86. The average molecular weight is 411 g/mol. The summed E-state index contributed by atoms with van der Waals surface area (Å²) in [6.07, 6.45) is 0.948. The summed E-state index contributed by atoms with van der Waals surface area (Å²) >= 11 is 3.28. The van der Waals surface area contributed by atoms with Gasteiger partial charge in [0.15, 0.2) is 11.8 Å². The topological polar surface area (TPSA) is 51.8 Å². The number of halogens is 4. The number of imidazole rings is 1. The normalized spacial score (nSPS) is 17.6. The predicted molar refractivity (Wildman–Crippen MR) is 88.2 cm³/mol. The molecule has 1 unspecified atom stereocenters. The Morgan fingerprint density at radius 3 is 2.60 bits per heavy atom. The molecule has 0 radical (unpaired) electrons. The van der Waals surface area contributed by atoms with Crippen molar-refractivity contribution in [2.45, 2.75) is 18.7 Å². The van der Waals surface area contributed by atoms with Crippen LogP contribution in [0.4, 0.5) is 13.2 Å². The lowest BCUT2D eigenvalue weighted by molar-refractivity contribution is -0.137. The van der Waals surface area contributed by atoms with E-state index in [2.05, 4.69) is 31.1 Å². The molecule has 1 aliphatic heterocycles. The highest BCUT2D eigenvalue weighted by atomic mass is 79.9.